The molecule has 0 N–H and O–H groups in total. The molecule has 0 unspecified atom stereocenters. The van der Waals surface area contributed by atoms with Crippen LogP contribution in [-0.4, -0.2) is 55.7 Å². The van der Waals surface area contributed by atoms with Crippen molar-refractivity contribution >= 4 is 34.0 Å². The molecular weight excluding hydrogens is 441 g/mol. The molecule has 0 saturated carbocycles. The van der Waals surface area contributed by atoms with Crippen LogP contribution in [0.5, 0.6) is 0 Å². The van der Waals surface area contributed by atoms with E-state index in [1.807, 2.05) is 10.6 Å². The van der Waals surface area contributed by atoms with Crippen molar-refractivity contribution < 1.29 is 9.13 Å². The van der Waals surface area contributed by atoms with Crippen LogP contribution >= 0.6 is 23.1 Å². The van der Waals surface area contributed by atoms with Gasteiger partial charge in [0, 0.05) is 24.8 Å². The summed E-state index contributed by atoms with van der Waals surface area (Å²) in [6, 6.07) is 7.81. The fourth-order valence-corrected chi connectivity index (χ4v) is 5.19. The SMILES string of the molecule is Cc1cc(=O)n2nc(CSc3nnc(N4CCOCC4)n3-c3cccc(F)c3)sc2n1. The Morgan fingerprint density at radius 1 is 1.23 bits per heavy atom. The molecule has 1 saturated heterocycles. The first kappa shape index (κ1) is 20.1. The minimum absolute atomic E-state index is 0.201. The minimum atomic E-state index is -0.331. The summed E-state index contributed by atoms with van der Waals surface area (Å²) >= 11 is 2.78. The Balaban J connectivity index is 1.48. The number of benzene rings is 1. The van der Waals surface area contributed by atoms with E-state index in [0.717, 1.165) is 5.01 Å². The summed E-state index contributed by atoms with van der Waals surface area (Å²) in [5.74, 6) is 0.791. The number of aromatic nitrogens is 6. The number of aryl methyl sites for hydroxylation is 1. The van der Waals surface area contributed by atoms with Gasteiger partial charge in [0.1, 0.15) is 10.8 Å². The molecule has 31 heavy (non-hydrogen) atoms. The number of anilines is 1. The average Bonchev–Trinajstić information content (AvgIpc) is 3.37. The number of hydrogen-bond acceptors (Lipinski definition) is 9. The molecule has 1 aliphatic heterocycles. The van der Waals surface area contributed by atoms with Gasteiger partial charge in [0.05, 0.1) is 24.7 Å². The number of fused-ring (bicyclic) bond motifs is 1. The largest absolute Gasteiger partial charge is 0.378 e. The molecule has 0 aliphatic carbocycles. The van der Waals surface area contributed by atoms with E-state index < -0.39 is 0 Å². The van der Waals surface area contributed by atoms with Gasteiger partial charge in [-0.2, -0.15) is 9.61 Å². The Labute approximate surface area is 184 Å². The Bertz CT molecular complexity index is 1300. The Morgan fingerprint density at radius 3 is 2.87 bits per heavy atom. The fraction of sp³-hybridized carbons (Fsp3) is 0.316. The van der Waals surface area contributed by atoms with E-state index in [4.69, 9.17) is 4.74 Å². The molecule has 12 heteroatoms. The van der Waals surface area contributed by atoms with Gasteiger partial charge in [-0.25, -0.2) is 9.37 Å². The zero-order valence-corrected chi connectivity index (χ0v) is 18.2. The predicted octanol–water partition coefficient (Wildman–Crippen LogP) is 2.31. The third-order valence-corrected chi connectivity index (χ3v) is 6.75. The number of hydrogen-bond donors (Lipinski definition) is 0. The second-order valence-corrected chi connectivity index (χ2v) is 8.89. The number of thioether (sulfide) groups is 1. The van der Waals surface area contributed by atoms with Gasteiger partial charge in [0.15, 0.2) is 5.16 Å². The lowest BCUT2D eigenvalue weighted by atomic mass is 10.3. The number of halogens is 1. The number of nitrogens with zero attached hydrogens (tertiary/aromatic N) is 7. The second-order valence-electron chi connectivity index (χ2n) is 6.91. The normalized spacial score (nSPS) is 14.5. The summed E-state index contributed by atoms with van der Waals surface area (Å²) in [7, 11) is 0. The first-order valence-electron chi connectivity index (χ1n) is 9.62. The smallest absolute Gasteiger partial charge is 0.275 e. The van der Waals surface area contributed by atoms with Crippen LogP contribution in [0.3, 0.4) is 0 Å². The molecule has 1 aromatic carbocycles. The van der Waals surface area contributed by atoms with E-state index >= 15 is 0 Å². The summed E-state index contributed by atoms with van der Waals surface area (Å²) in [5.41, 5.74) is 1.10. The van der Waals surface area contributed by atoms with E-state index in [1.165, 1.54) is 45.8 Å². The van der Waals surface area contributed by atoms with Crippen LogP contribution in [0.4, 0.5) is 10.3 Å². The number of morpholine rings is 1. The second kappa shape index (κ2) is 8.36. The van der Waals surface area contributed by atoms with Gasteiger partial charge in [0.25, 0.3) is 5.56 Å². The Hall–Kier alpha value is -2.83. The van der Waals surface area contributed by atoms with E-state index in [0.29, 0.717) is 59.5 Å². The van der Waals surface area contributed by atoms with Crippen LogP contribution in [0.15, 0.2) is 40.3 Å². The summed E-state index contributed by atoms with van der Waals surface area (Å²) in [6.07, 6.45) is 0. The highest BCUT2D eigenvalue weighted by atomic mass is 32.2. The summed E-state index contributed by atoms with van der Waals surface area (Å²) in [5, 5.41) is 14.5. The van der Waals surface area contributed by atoms with Crippen molar-refractivity contribution in [1.29, 1.82) is 0 Å². The molecule has 0 amide bonds. The molecule has 1 fully saturated rings. The molecule has 0 bridgehead atoms. The van der Waals surface area contributed by atoms with Crippen molar-refractivity contribution in [3.63, 3.8) is 0 Å². The van der Waals surface area contributed by atoms with Crippen molar-refractivity contribution in [2.45, 2.75) is 17.8 Å². The quantitative estimate of drug-likeness (QED) is 0.420. The van der Waals surface area contributed by atoms with Gasteiger partial charge < -0.3 is 9.64 Å². The van der Waals surface area contributed by atoms with Crippen molar-refractivity contribution in [2.24, 2.45) is 0 Å². The third-order valence-electron chi connectivity index (χ3n) is 4.72. The molecule has 4 aromatic rings. The lowest BCUT2D eigenvalue weighted by Crippen LogP contribution is -2.37. The predicted molar refractivity (Wildman–Crippen MR) is 116 cm³/mol. The van der Waals surface area contributed by atoms with Gasteiger partial charge in [0.2, 0.25) is 10.9 Å². The maximum Gasteiger partial charge on any atom is 0.275 e. The van der Waals surface area contributed by atoms with E-state index in [2.05, 4.69) is 25.2 Å². The molecule has 5 rings (SSSR count). The lowest BCUT2D eigenvalue weighted by Gasteiger charge is -2.27. The van der Waals surface area contributed by atoms with Crippen LogP contribution in [0.25, 0.3) is 10.6 Å². The van der Waals surface area contributed by atoms with Crippen molar-refractivity contribution in [2.75, 3.05) is 31.2 Å². The minimum Gasteiger partial charge on any atom is -0.378 e. The molecule has 0 radical (unpaired) electrons. The molecule has 3 aromatic heterocycles. The van der Waals surface area contributed by atoms with Crippen LogP contribution in [-0.2, 0) is 10.5 Å². The monoisotopic (exact) mass is 459 g/mol. The van der Waals surface area contributed by atoms with Crippen LogP contribution in [0.2, 0.25) is 0 Å². The lowest BCUT2D eigenvalue weighted by molar-refractivity contribution is 0.122. The average molecular weight is 460 g/mol. The van der Waals surface area contributed by atoms with E-state index in [-0.39, 0.29) is 11.4 Å². The van der Waals surface area contributed by atoms with Gasteiger partial charge in [-0.05, 0) is 25.1 Å². The van der Waals surface area contributed by atoms with Crippen molar-refractivity contribution in [3.8, 4) is 5.69 Å². The molecule has 9 nitrogen and oxygen atoms in total. The highest BCUT2D eigenvalue weighted by Gasteiger charge is 2.22. The Morgan fingerprint density at radius 2 is 2.06 bits per heavy atom. The zero-order chi connectivity index (χ0) is 21.4. The Kier molecular flexibility index (Phi) is 5.42. The maximum absolute atomic E-state index is 14.0. The maximum atomic E-state index is 14.0. The van der Waals surface area contributed by atoms with Gasteiger partial charge in [-0.3, -0.25) is 9.36 Å². The third kappa shape index (κ3) is 4.05. The van der Waals surface area contributed by atoms with Crippen LogP contribution in [0, 0.1) is 12.7 Å². The summed E-state index contributed by atoms with van der Waals surface area (Å²) in [6.45, 7) is 4.36. The van der Waals surface area contributed by atoms with Crippen molar-refractivity contribution in [3.05, 3.63) is 57.2 Å². The molecule has 0 atom stereocenters. The number of ether oxygens (including phenoxy) is 1. The molecule has 1 aliphatic rings. The first-order valence-corrected chi connectivity index (χ1v) is 11.4. The van der Waals surface area contributed by atoms with Gasteiger partial charge in [-0.1, -0.05) is 29.2 Å². The summed E-state index contributed by atoms with van der Waals surface area (Å²) < 4.78 is 22.6. The van der Waals surface area contributed by atoms with E-state index in [1.54, 1.807) is 13.0 Å². The van der Waals surface area contributed by atoms with Crippen LogP contribution < -0.4 is 10.5 Å². The van der Waals surface area contributed by atoms with Crippen LogP contribution in [0.1, 0.15) is 10.7 Å². The van der Waals surface area contributed by atoms with E-state index in [9.17, 15) is 9.18 Å². The zero-order valence-electron chi connectivity index (χ0n) is 16.6. The molecular formula is C19H18FN7O2S2. The first-order chi connectivity index (χ1) is 15.1. The fourth-order valence-electron chi connectivity index (χ4n) is 3.31. The topological polar surface area (TPSA) is 90.4 Å². The molecule has 160 valence electrons. The highest BCUT2D eigenvalue weighted by Crippen LogP contribution is 2.30. The van der Waals surface area contributed by atoms with Gasteiger partial charge >= 0.3 is 0 Å². The summed E-state index contributed by atoms with van der Waals surface area (Å²) in [4.78, 5) is 19.1. The standard InChI is InChI=1S/C19H18FN7O2S2/c1-12-9-16(28)27-18(21-12)31-15(24-27)11-30-19-23-22-17(25-5-7-29-8-6-25)26(19)14-4-2-3-13(20)10-14/h2-4,9-10H,5-8,11H2,1H3. The van der Waals surface area contributed by atoms with Gasteiger partial charge in [-0.15, -0.1) is 10.2 Å². The van der Waals surface area contributed by atoms with Crippen molar-refractivity contribution in [1.82, 2.24) is 29.4 Å². The molecule has 0 spiro atoms. The number of rotatable bonds is 5. The molecule has 4 heterocycles. The highest BCUT2D eigenvalue weighted by molar-refractivity contribution is 7.98.